The highest BCUT2D eigenvalue weighted by atomic mass is 79.9. The Morgan fingerprint density at radius 3 is 2.58 bits per heavy atom. The van der Waals surface area contributed by atoms with E-state index in [-0.39, 0.29) is 23.8 Å². The molecule has 0 aromatic carbocycles. The van der Waals surface area contributed by atoms with Crippen LogP contribution in [0.5, 0.6) is 0 Å². The molecule has 0 aromatic rings. The topological polar surface area (TPSA) is 59.1 Å². The summed E-state index contributed by atoms with van der Waals surface area (Å²) < 4.78 is 11.2. The molecule has 3 rings (SSSR count). The van der Waals surface area contributed by atoms with Crippen molar-refractivity contribution in [1.82, 2.24) is 9.80 Å². The fraction of sp³-hybridized carbons (Fsp3) is 0.684. The molecule has 2 unspecified atom stereocenters. The Balaban J connectivity index is 1.95. The lowest BCUT2D eigenvalue weighted by Crippen LogP contribution is -2.58. The van der Waals surface area contributed by atoms with E-state index in [1.165, 1.54) is 7.11 Å². The van der Waals surface area contributed by atoms with Crippen molar-refractivity contribution in [3.63, 3.8) is 0 Å². The predicted octanol–water partition coefficient (Wildman–Crippen LogP) is 2.44. The van der Waals surface area contributed by atoms with Crippen molar-refractivity contribution in [3.05, 3.63) is 21.8 Å². The van der Waals surface area contributed by atoms with Crippen molar-refractivity contribution >= 4 is 27.8 Å². The van der Waals surface area contributed by atoms with Crippen LogP contribution in [0.1, 0.15) is 33.6 Å². The first kappa shape index (κ1) is 19.4. The lowest BCUT2D eigenvalue weighted by molar-refractivity contribution is -0.146. The van der Waals surface area contributed by atoms with E-state index in [4.69, 9.17) is 9.47 Å². The molecule has 0 radical (unpaired) electrons. The minimum absolute atomic E-state index is 0.126. The summed E-state index contributed by atoms with van der Waals surface area (Å²) in [6, 6.07) is 0.172. The highest BCUT2D eigenvalue weighted by Gasteiger charge is 2.54. The number of rotatable bonds is 3. The van der Waals surface area contributed by atoms with Gasteiger partial charge < -0.3 is 19.3 Å². The quantitative estimate of drug-likeness (QED) is 0.648. The maximum Gasteiger partial charge on any atom is 0.333 e. The van der Waals surface area contributed by atoms with Crippen molar-refractivity contribution in [2.75, 3.05) is 33.4 Å². The van der Waals surface area contributed by atoms with Gasteiger partial charge in [-0.2, -0.15) is 0 Å². The molecule has 0 aromatic heterocycles. The molecule has 2 heterocycles. The molecule has 2 fully saturated rings. The fourth-order valence-corrected chi connectivity index (χ4v) is 5.38. The molecule has 1 aliphatic carbocycles. The fourth-order valence-electron chi connectivity index (χ4n) is 4.59. The van der Waals surface area contributed by atoms with Crippen LogP contribution in [0.15, 0.2) is 21.8 Å². The van der Waals surface area contributed by atoms with E-state index in [0.29, 0.717) is 44.7 Å². The number of likely N-dealkylation sites (tertiary alicyclic amines) is 1. The van der Waals surface area contributed by atoms with E-state index in [1.54, 1.807) is 0 Å². The molecule has 0 bridgehead atoms. The van der Waals surface area contributed by atoms with E-state index < -0.39 is 5.54 Å². The smallest absolute Gasteiger partial charge is 0.333 e. The molecule has 0 spiro atoms. The average molecular weight is 427 g/mol. The molecular weight excluding hydrogens is 400 g/mol. The predicted molar refractivity (Wildman–Crippen MR) is 102 cm³/mol. The summed E-state index contributed by atoms with van der Waals surface area (Å²) in [4.78, 5) is 29.6. The van der Waals surface area contributed by atoms with E-state index in [9.17, 15) is 9.59 Å². The number of amides is 1. The number of hydrogen-bond acceptors (Lipinski definition) is 5. The second-order valence-corrected chi connectivity index (χ2v) is 8.50. The molecule has 6 nitrogen and oxygen atoms in total. The second-order valence-electron chi connectivity index (χ2n) is 7.64. The molecule has 3 aliphatic rings. The van der Waals surface area contributed by atoms with Gasteiger partial charge in [0.2, 0.25) is 5.91 Å². The van der Waals surface area contributed by atoms with Gasteiger partial charge in [0.15, 0.2) is 0 Å². The lowest BCUT2D eigenvalue weighted by Gasteiger charge is -2.43. The monoisotopic (exact) mass is 426 g/mol. The summed E-state index contributed by atoms with van der Waals surface area (Å²) in [6.07, 6.45) is 3.14. The first-order chi connectivity index (χ1) is 12.3. The number of carbonyl (C=O) groups excluding carboxylic acids is 2. The van der Waals surface area contributed by atoms with Crippen LogP contribution in [0.4, 0.5) is 0 Å². The van der Waals surface area contributed by atoms with Crippen LogP contribution >= 0.6 is 15.9 Å². The Kier molecular flexibility index (Phi) is 5.49. The van der Waals surface area contributed by atoms with Crippen LogP contribution in [0.25, 0.3) is 0 Å². The van der Waals surface area contributed by atoms with Crippen LogP contribution in [0.2, 0.25) is 0 Å². The Morgan fingerprint density at radius 2 is 2.00 bits per heavy atom. The molecule has 0 N–H and O–H groups in total. The third-order valence-electron chi connectivity index (χ3n) is 5.56. The molecule has 0 saturated carbocycles. The van der Waals surface area contributed by atoms with Crippen LogP contribution < -0.4 is 0 Å². The van der Waals surface area contributed by atoms with E-state index in [0.717, 1.165) is 10.2 Å². The zero-order valence-corrected chi connectivity index (χ0v) is 17.5. The van der Waals surface area contributed by atoms with Crippen molar-refractivity contribution in [2.24, 2.45) is 5.92 Å². The second kappa shape index (κ2) is 7.35. The van der Waals surface area contributed by atoms with Crippen molar-refractivity contribution in [1.29, 1.82) is 0 Å². The largest absolute Gasteiger partial charge is 0.466 e. The van der Waals surface area contributed by atoms with Gasteiger partial charge in [0.05, 0.1) is 20.3 Å². The number of esters is 1. The first-order valence-corrected chi connectivity index (χ1v) is 9.94. The highest BCUT2D eigenvalue weighted by Crippen LogP contribution is 2.50. The maximum absolute atomic E-state index is 13.4. The standard InChI is InChI=1S/C19H27BrN2O4/c1-12(2)22-16-14(9-13(10-15(16)20)17(23)25-4)11-19(22,3)18(24)21-5-7-26-8-6-21/h10,12,14H,5-9,11H2,1-4H3. The molecule has 1 amide bonds. The van der Waals surface area contributed by atoms with Crippen molar-refractivity contribution in [2.45, 2.75) is 45.2 Å². The Morgan fingerprint density at radius 1 is 1.35 bits per heavy atom. The van der Waals surface area contributed by atoms with Gasteiger partial charge in [-0.3, -0.25) is 4.79 Å². The molecular formula is C19H27BrN2O4. The number of hydrogen-bond donors (Lipinski definition) is 0. The van der Waals surface area contributed by atoms with Crippen LogP contribution in [0, 0.1) is 5.92 Å². The summed E-state index contributed by atoms with van der Waals surface area (Å²) in [6.45, 7) is 8.71. The van der Waals surface area contributed by atoms with Crippen molar-refractivity contribution in [3.8, 4) is 0 Å². The summed E-state index contributed by atoms with van der Waals surface area (Å²) in [7, 11) is 1.40. The Hall–Kier alpha value is -1.34. The number of carbonyl (C=O) groups is 2. The van der Waals surface area contributed by atoms with Gasteiger partial charge in [0.1, 0.15) is 5.54 Å². The van der Waals surface area contributed by atoms with Crippen LogP contribution in [-0.2, 0) is 19.1 Å². The van der Waals surface area contributed by atoms with Gasteiger partial charge >= 0.3 is 5.97 Å². The van der Waals surface area contributed by atoms with Gasteiger partial charge in [0.25, 0.3) is 0 Å². The number of morpholine rings is 1. The maximum atomic E-state index is 13.4. The lowest BCUT2D eigenvalue weighted by atomic mass is 9.86. The zero-order valence-electron chi connectivity index (χ0n) is 15.9. The zero-order chi connectivity index (χ0) is 19.1. The molecule has 2 saturated heterocycles. The molecule has 2 aliphatic heterocycles. The summed E-state index contributed by atoms with van der Waals surface area (Å²) in [5.74, 6) is -0.0256. The average Bonchev–Trinajstić information content (AvgIpc) is 2.95. The summed E-state index contributed by atoms with van der Waals surface area (Å²) in [5.41, 5.74) is 1.15. The van der Waals surface area contributed by atoms with E-state index in [2.05, 4.69) is 34.7 Å². The number of allylic oxidation sites excluding steroid dienone is 3. The number of fused-ring (bicyclic) bond motifs is 1. The van der Waals surface area contributed by atoms with Crippen molar-refractivity contribution < 1.29 is 19.1 Å². The normalized spacial score (nSPS) is 29.0. The van der Waals surface area contributed by atoms with Gasteiger partial charge in [0, 0.05) is 40.8 Å². The minimum atomic E-state index is -0.621. The van der Waals surface area contributed by atoms with Gasteiger partial charge in [-0.15, -0.1) is 0 Å². The van der Waals surface area contributed by atoms with Gasteiger partial charge in [-0.25, -0.2) is 4.79 Å². The summed E-state index contributed by atoms with van der Waals surface area (Å²) in [5, 5.41) is 0. The molecule has 26 heavy (non-hydrogen) atoms. The SMILES string of the molecule is COC(=O)C1=CC(Br)=C2C(C1)CC(C)(C(=O)N1CCOCC1)N2C(C)C. The summed E-state index contributed by atoms with van der Waals surface area (Å²) >= 11 is 3.65. The number of ether oxygens (including phenoxy) is 2. The Labute approximate surface area is 163 Å². The van der Waals surface area contributed by atoms with E-state index >= 15 is 0 Å². The highest BCUT2D eigenvalue weighted by molar-refractivity contribution is 9.11. The molecule has 2 atom stereocenters. The number of halogens is 1. The third kappa shape index (κ3) is 3.20. The molecule has 144 valence electrons. The van der Waals surface area contributed by atoms with Gasteiger partial charge in [-0.05, 0) is 55.6 Å². The first-order valence-electron chi connectivity index (χ1n) is 9.14. The third-order valence-corrected chi connectivity index (χ3v) is 6.19. The minimum Gasteiger partial charge on any atom is -0.466 e. The Bertz CT molecular complexity index is 666. The number of nitrogens with zero attached hydrogens (tertiary/aromatic N) is 2. The van der Waals surface area contributed by atoms with Crippen LogP contribution in [0.3, 0.4) is 0 Å². The van der Waals surface area contributed by atoms with Crippen LogP contribution in [-0.4, -0.2) is 66.7 Å². The number of methoxy groups -OCH3 is 1. The van der Waals surface area contributed by atoms with Gasteiger partial charge in [-0.1, -0.05) is 0 Å². The van der Waals surface area contributed by atoms with E-state index in [1.807, 2.05) is 17.9 Å². The molecule has 7 heteroatoms.